The molecule has 3 aliphatic rings. The molecule has 5 nitrogen and oxygen atoms in total. The Bertz CT molecular complexity index is 1330. The lowest BCUT2D eigenvalue weighted by Gasteiger charge is -2.49. The van der Waals surface area contributed by atoms with Crippen LogP contribution >= 0.6 is 0 Å². The SMILES string of the molecule is [C-]#[N+]c1cccc(-c2ccc3c(c2)C2(N=C(N)N(C)O2)C2(CCc4ccccc4CC2)CC3)c1. The molecule has 1 unspecified atom stereocenters. The van der Waals surface area contributed by atoms with Gasteiger partial charge in [0.05, 0.1) is 6.57 Å². The maximum absolute atomic E-state index is 7.40. The highest BCUT2D eigenvalue weighted by molar-refractivity contribution is 5.79. The van der Waals surface area contributed by atoms with Gasteiger partial charge < -0.3 is 5.73 Å². The van der Waals surface area contributed by atoms with Gasteiger partial charge in [0, 0.05) is 18.0 Å². The van der Waals surface area contributed by atoms with Gasteiger partial charge in [-0.2, -0.15) is 0 Å². The number of hydroxylamine groups is 2. The second kappa shape index (κ2) is 7.72. The molecule has 2 N–H and O–H groups in total. The van der Waals surface area contributed by atoms with Gasteiger partial charge in [-0.05, 0) is 78.5 Å². The number of nitrogens with two attached hydrogens (primary N) is 1. The first-order chi connectivity index (χ1) is 16.5. The first kappa shape index (κ1) is 20.9. The van der Waals surface area contributed by atoms with Crippen LogP contribution in [0.25, 0.3) is 16.0 Å². The Morgan fingerprint density at radius 2 is 1.56 bits per heavy atom. The van der Waals surface area contributed by atoms with Crippen molar-refractivity contribution in [2.45, 2.75) is 44.2 Å². The van der Waals surface area contributed by atoms with Gasteiger partial charge in [0.15, 0.2) is 5.69 Å². The van der Waals surface area contributed by atoms with Crippen molar-refractivity contribution < 1.29 is 4.84 Å². The number of hydrogen-bond donors (Lipinski definition) is 1. The molecule has 5 heteroatoms. The third kappa shape index (κ3) is 3.06. The summed E-state index contributed by atoms with van der Waals surface area (Å²) in [5.74, 6) is 0.425. The Balaban J connectivity index is 1.50. The van der Waals surface area contributed by atoms with Crippen LogP contribution in [0.3, 0.4) is 0 Å². The molecule has 0 bridgehead atoms. The lowest BCUT2D eigenvalue weighted by atomic mass is 9.61. The van der Waals surface area contributed by atoms with Gasteiger partial charge in [-0.25, -0.2) is 19.7 Å². The lowest BCUT2D eigenvalue weighted by molar-refractivity contribution is -0.237. The molecule has 0 fully saturated rings. The molecule has 0 saturated heterocycles. The lowest BCUT2D eigenvalue weighted by Crippen LogP contribution is -2.50. The number of nitrogens with zero attached hydrogens (tertiary/aromatic N) is 3. The van der Waals surface area contributed by atoms with Crippen LogP contribution in [0.1, 0.15) is 41.5 Å². The summed E-state index contributed by atoms with van der Waals surface area (Å²) in [6, 6.07) is 23.2. The van der Waals surface area contributed by atoms with E-state index >= 15 is 0 Å². The molecule has 1 aliphatic heterocycles. The number of guanidine groups is 1. The summed E-state index contributed by atoms with van der Waals surface area (Å²) in [7, 11) is 1.85. The smallest absolute Gasteiger partial charge is 0.220 e. The molecule has 0 amide bonds. The van der Waals surface area contributed by atoms with E-state index in [1.807, 2.05) is 25.2 Å². The van der Waals surface area contributed by atoms with E-state index in [0.29, 0.717) is 11.6 Å². The highest BCUT2D eigenvalue weighted by Gasteiger charge is 2.60. The van der Waals surface area contributed by atoms with Gasteiger partial charge in [0.25, 0.3) is 0 Å². The van der Waals surface area contributed by atoms with E-state index in [-0.39, 0.29) is 5.41 Å². The maximum Gasteiger partial charge on any atom is 0.220 e. The molecule has 0 aromatic heterocycles. The first-order valence-electron chi connectivity index (χ1n) is 12.0. The zero-order chi connectivity index (χ0) is 23.3. The first-order valence-corrected chi connectivity index (χ1v) is 12.0. The fourth-order valence-electron chi connectivity index (χ4n) is 6.20. The molecule has 34 heavy (non-hydrogen) atoms. The molecular weight excluding hydrogens is 420 g/mol. The van der Waals surface area contributed by atoms with Crippen molar-refractivity contribution in [2.75, 3.05) is 7.05 Å². The molecule has 1 atom stereocenters. The predicted octanol–water partition coefficient (Wildman–Crippen LogP) is 5.76. The number of fused-ring (bicyclic) bond motifs is 4. The van der Waals surface area contributed by atoms with Crippen LogP contribution in [0.5, 0.6) is 0 Å². The van der Waals surface area contributed by atoms with Crippen molar-refractivity contribution in [3.63, 3.8) is 0 Å². The number of rotatable bonds is 1. The van der Waals surface area contributed by atoms with E-state index in [1.165, 1.54) is 16.7 Å². The molecule has 6 rings (SSSR count). The number of hydrogen-bond acceptors (Lipinski definition) is 4. The Morgan fingerprint density at radius 3 is 2.21 bits per heavy atom. The summed E-state index contributed by atoms with van der Waals surface area (Å²) in [5.41, 5.74) is 13.4. The van der Waals surface area contributed by atoms with E-state index in [1.54, 1.807) is 5.06 Å². The zero-order valence-corrected chi connectivity index (χ0v) is 19.4. The number of aryl methyl sites for hydroxylation is 3. The number of benzene rings is 3. The average molecular weight is 449 g/mol. The van der Waals surface area contributed by atoms with E-state index in [2.05, 4.69) is 53.4 Å². The summed E-state index contributed by atoms with van der Waals surface area (Å²) in [6.45, 7) is 7.40. The molecule has 1 heterocycles. The summed E-state index contributed by atoms with van der Waals surface area (Å²) < 4.78 is 0. The quantitative estimate of drug-likeness (QED) is 0.482. The largest absolute Gasteiger partial charge is 0.368 e. The van der Waals surface area contributed by atoms with Crippen LogP contribution < -0.4 is 5.73 Å². The third-order valence-corrected chi connectivity index (χ3v) is 8.10. The van der Waals surface area contributed by atoms with Gasteiger partial charge in [-0.1, -0.05) is 54.6 Å². The molecule has 2 aliphatic carbocycles. The fourth-order valence-corrected chi connectivity index (χ4v) is 6.20. The highest BCUT2D eigenvalue weighted by atomic mass is 16.7. The minimum absolute atomic E-state index is 0.147. The van der Waals surface area contributed by atoms with Gasteiger partial charge >= 0.3 is 0 Å². The van der Waals surface area contributed by atoms with E-state index in [4.69, 9.17) is 22.1 Å². The van der Waals surface area contributed by atoms with Crippen LogP contribution in [0.15, 0.2) is 71.7 Å². The maximum atomic E-state index is 7.40. The number of aliphatic imine (C=N–C) groups is 1. The van der Waals surface area contributed by atoms with Crippen LogP contribution in [-0.2, 0) is 29.8 Å². The van der Waals surface area contributed by atoms with Crippen LogP contribution in [0.4, 0.5) is 5.69 Å². The zero-order valence-electron chi connectivity index (χ0n) is 19.4. The van der Waals surface area contributed by atoms with Crippen molar-refractivity contribution in [3.05, 3.63) is 100 Å². The van der Waals surface area contributed by atoms with Gasteiger partial charge in [0.1, 0.15) is 0 Å². The summed E-state index contributed by atoms with van der Waals surface area (Å²) in [5, 5.41) is 1.64. The molecular formula is C29H28N4O. The standard InChI is InChI=1S/C29H28N4O/c1-31-25-9-5-8-23(18-25)24-11-10-22-14-17-28(15-12-20-6-3-4-7-21(20)13-16-28)29(26(22)19-24)32-27(30)33(2)34-29/h3-11,18-19H,12-17H2,2H3,(H2,30,32). The highest BCUT2D eigenvalue weighted by Crippen LogP contribution is 2.59. The Kier molecular flexibility index (Phi) is 4.75. The van der Waals surface area contributed by atoms with Gasteiger partial charge in [-0.3, -0.25) is 0 Å². The van der Waals surface area contributed by atoms with Crippen molar-refractivity contribution in [1.29, 1.82) is 0 Å². The van der Waals surface area contributed by atoms with E-state index in [9.17, 15) is 0 Å². The molecule has 0 radical (unpaired) electrons. The van der Waals surface area contributed by atoms with Crippen molar-refractivity contribution in [3.8, 4) is 11.1 Å². The Hall–Kier alpha value is -3.62. The average Bonchev–Trinajstić information content (AvgIpc) is 3.06. The Morgan fingerprint density at radius 1 is 0.882 bits per heavy atom. The molecule has 3 aromatic rings. The van der Waals surface area contributed by atoms with Crippen molar-refractivity contribution in [1.82, 2.24) is 5.06 Å². The second-order valence-corrected chi connectivity index (χ2v) is 9.79. The second-order valence-electron chi connectivity index (χ2n) is 9.79. The van der Waals surface area contributed by atoms with Crippen LogP contribution in [0, 0.1) is 12.0 Å². The summed E-state index contributed by atoms with van der Waals surface area (Å²) in [6.07, 6.45) is 6.06. The predicted molar refractivity (Wildman–Crippen MR) is 134 cm³/mol. The van der Waals surface area contributed by atoms with Crippen LogP contribution in [-0.4, -0.2) is 18.1 Å². The van der Waals surface area contributed by atoms with Gasteiger partial charge in [-0.15, -0.1) is 0 Å². The normalized spacial score (nSPS) is 22.6. The van der Waals surface area contributed by atoms with Crippen molar-refractivity contribution in [2.24, 2.45) is 16.1 Å². The molecule has 0 saturated carbocycles. The monoisotopic (exact) mass is 448 g/mol. The molecule has 3 aromatic carbocycles. The molecule has 2 spiro atoms. The van der Waals surface area contributed by atoms with E-state index < -0.39 is 5.72 Å². The third-order valence-electron chi connectivity index (χ3n) is 8.10. The van der Waals surface area contributed by atoms with Crippen molar-refractivity contribution >= 4 is 11.6 Å². The summed E-state index contributed by atoms with van der Waals surface area (Å²) >= 11 is 0. The van der Waals surface area contributed by atoms with Crippen LogP contribution in [0.2, 0.25) is 0 Å². The summed E-state index contributed by atoms with van der Waals surface area (Å²) in [4.78, 5) is 15.4. The minimum Gasteiger partial charge on any atom is -0.368 e. The Labute approximate surface area is 200 Å². The van der Waals surface area contributed by atoms with Gasteiger partial charge in [0.2, 0.25) is 11.7 Å². The minimum atomic E-state index is -0.838. The van der Waals surface area contributed by atoms with E-state index in [0.717, 1.165) is 55.2 Å². The fraction of sp³-hybridized carbons (Fsp3) is 0.310. The molecule has 170 valence electrons. The topological polar surface area (TPSA) is 55.2 Å².